The number of rotatable bonds is 11. The molecular formula is C16H29F2N5. The third kappa shape index (κ3) is 7.95. The van der Waals surface area contributed by atoms with Crippen LogP contribution in [-0.4, -0.2) is 29.1 Å². The monoisotopic (exact) mass is 329 g/mol. The molecule has 23 heavy (non-hydrogen) atoms. The summed E-state index contributed by atoms with van der Waals surface area (Å²) in [5.74, 6) is 0.902. The van der Waals surface area contributed by atoms with E-state index in [0.717, 1.165) is 17.5 Å². The highest BCUT2D eigenvalue weighted by Gasteiger charge is 2.11. The second-order valence-corrected chi connectivity index (χ2v) is 5.50. The number of halogens is 2. The van der Waals surface area contributed by atoms with Crippen molar-refractivity contribution in [3.05, 3.63) is 18.2 Å². The Balaban J connectivity index is 2.16. The molecule has 1 aromatic heterocycles. The average molecular weight is 329 g/mol. The molecule has 0 atom stereocenters. The fraction of sp³-hybridized carbons (Fsp3) is 0.750. The zero-order valence-corrected chi connectivity index (χ0v) is 14.2. The van der Waals surface area contributed by atoms with Crippen LogP contribution >= 0.6 is 0 Å². The standard InChI is InChI=1S/C16H29F2N5/c1-3-4-5-6-7-8-9-10-21-16(19-2)22-13-14-20-11-12-23(14)15(17)18/h11-12,15H,3-10,13H2,1-2H3,(H2,19,21,22). The Hall–Kier alpha value is -1.66. The highest BCUT2D eigenvalue weighted by atomic mass is 19.3. The van der Waals surface area contributed by atoms with Gasteiger partial charge in [0.25, 0.3) is 0 Å². The Kier molecular flexibility index (Phi) is 9.99. The summed E-state index contributed by atoms with van der Waals surface area (Å²) in [5, 5.41) is 6.21. The lowest BCUT2D eigenvalue weighted by Gasteiger charge is -2.12. The van der Waals surface area contributed by atoms with Crippen LogP contribution in [0.2, 0.25) is 0 Å². The van der Waals surface area contributed by atoms with Crippen molar-refractivity contribution in [1.82, 2.24) is 20.2 Å². The minimum absolute atomic E-state index is 0.216. The van der Waals surface area contributed by atoms with Crippen molar-refractivity contribution >= 4 is 5.96 Å². The van der Waals surface area contributed by atoms with E-state index in [4.69, 9.17) is 0 Å². The maximum atomic E-state index is 12.7. The van der Waals surface area contributed by atoms with E-state index < -0.39 is 6.55 Å². The highest BCUT2D eigenvalue weighted by Crippen LogP contribution is 2.11. The van der Waals surface area contributed by atoms with Crippen LogP contribution in [0.3, 0.4) is 0 Å². The fourth-order valence-electron chi connectivity index (χ4n) is 2.33. The first-order valence-electron chi connectivity index (χ1n) is 8.43. The molecule has 0 aliphatic heterocycles. The first kappa shape index (κ1) is 19.4. The van der Waals surface area contributed by atoms with Gasteiger partial charge in [0.2, 0.25) is 0 Å². The lowest BCUT2D eigenvalue weighted by atomic mass is 10.1. The van der Waals surface area contributed by atoms with Gasteiger partial charge in [-0.3, -0.25) is 9.56 Å². The van der Waals surface area contributed by atoms with Crippen molar-refractivity contribution in [2.75, 3.05) is 13.6 Å². The number of nitrogens with zero attached hydrogens (tertiary/aromatic N) is 3. The summed E-state index contributed by atoms with van der Waals surface area (Å²) >= 11 is 0. The van der Waals surface area contributed by atoms with Gasteiger partial charge in [0.15, 0.2) is 5.96 Å². The fourth-order valence-corrected chi connectivity index (χ4v) is 2.33. The van der Waals surface area contributed by atoms with Crippen LogP contribution in [0.5, 0.6) is 0 Å². The molecule has 0 aliphatic carbocycles. The number of unbranched alkanes of at least 4 members (excludes halogenated alkanes) is 6. The number of hydrogen-bond acceptors (Lipinski definition) is 2. The molecule has 1 heterocycles. The largest absolute Gasteiger partial charge is 0.356 e. The molecule has 0 amide bonds. The van der Waals surface area contributed by atoms with Crippen molar-refractivity contribution in [3.8, 4) is 0 Å². The molecule has 0 radical (unpaired) electrons. The van der Waals surface area contributed by atoms with Gasteiger partial charge in [-0.05, 0) is 6.42 Å². The van der Waals surface area contributed by atoms with Gasteiger partial charge in [-0.25, -0.2) is 4.98 Å². The Morgan fingerprint density at radius 2 is 1.87 bits per heavy atom. The van der Waals surface area contributed by atoms with E-state index >= 15 is 0 Å². The van der Waals surface area contributed by atoms with Crippen LogP contribution in [-0.2, 0) is 6.54 Å². The van der Waals surface area contributed by atoms with Gasteiger partial charge < -0.3 is 10.6 Å². The highest BCUT2D eigenvalue weighted by molar-refractivity contribution is 5.79. The van der Waals surface area contributed by atoms with Crippen molar-refractivity contribution in [2.45, 2.75) is 65.0 Å². The SMILES string of the molecule is CCCCCCCCCNC(=NC)NCc1nccn1C(F)F. The minimum Gasteiger partial charge on any atom is -0.356 e. The lowest BCUT2D eigenvalue weighted by Crippen LogP contribution is -2.37. The van der Waals surface area contributed by atoms with Crippen molar-refractivity contribution < 1.29 is 8.78 Å². The van der Waals surface area contributed by atoms with E-state index in [9.17, 15) is 8.78 Å². The van der Waals surface area contributed by atoms with Crippen LogP contribution < -0.4 is 10.6 Å². The third-order valence-corrected chi connectivity index (χ3v) is 3.67. The molecule has 0 saturated carbocycles. The normalized spacial score (nSPS) is 12.0. The van der Waals surface area contributed by atoms with Gasteiger partial charge in [-0.1, -0.05) is 45.4 Å². The minimum atomic E-state index is -2.57. The molecule has 0 fully saturated rings. The molecule has 7 heteroatoms. The molecule has 0 aromatic carbocycles. The van der Waals surface area contributed by atoms with E-state index in [0.29, 0.717) is 11.8 Å². The van der Waals surface area contributed by atoms with E-state index in [1.807, 2.05) is 0 Å². The second kappa shape index (κ2) is 11.8. The summed E-state index contributed by atoms with van der Waals surface area (Å²) in [7, 11) is 1.67. The molecule has 1 aromatic rings. The van der Waals surface area contributed by atoms with E-state index in [1.165, 1.54) is 50.9 Å². The van der Waals surface area contributed by atoms with Crippen LogP contribution in [0.25, 0.3) is 0 Å². The van der Waals surface area contributed by atoms with Gasteiger partial charge >= 0.3 is 6.55 Å². The van der Waals surface area contributed by atoms with Crippen LogP contribution in [0.15, 0.2) is 17.4 Å². The van der Waals surface area contributed by atoms with Crippen LogP contribution in [0.4, 0.5) is 8.78 Å². The van der Waals surface area contributed by atoms with Crippen LogP contribution in [0.1, 0.15) is 64.2 Å². The summed E-state index contributed by atoms with van der Waals surface area (Å²) in [6, 6.07) is 0. The van der Waals surface area contributed by atoms with E-state index in [1.54, 1.807) is 7.05 Å². The Morgan fingerprint density at radius 1 is 1.17 bits per heavy atom. The van der Waals surface area contributed by atoms with Gasteiger partial charge in [0.1, 0.15) is 5.82 Å². The number of imidazole rings is 1. The molecule has 0 aliphatic rings. The number of aromatic nitrogens is 2. The Morgan fingerprint density at radius 3 is 2.52 bits per heavy atom. The summed E-state index contributed by atoms with van der Waals surface area (Å²) in [4.78, 5) is 8.02. The first-order valence-corrected chi connectivity index (χ1v) is 8.43. The lowest BCUT2D eigenvalue weighted by molar-refractivity contribution is 0.0668. The molecule has 0 bridgehead atoms. The van der Waals surface area contributed by atoms with Crippen molar-refractivity contribution in [2.24, 2.45) is 4.99 Å². The van der Waals surface area contributed by atoms with Gasteiger partial charge in [0, 0.05) is 26.0 Å². The average Bonchev–Trinajstić information content (AvgIpc) is 3.01. The maximum Gasteiger partial charge on any atom is 0.319 e. The molecule has 2 N–H and O–H groups in total. The molecule has 0 unspecified atom stereocenters. The number of aliphatic imine (C=N–C) groups is 1. The molecule has 0 spiro atoms. The number of guanidine groups is 1. The number of hydrogen-bond donors (Lipinski definition) is 2. The predicted octanol–water partition coefficient (Wildman–Crippen LogP) is 3.69. The summed E-state index contributed by atoms with van der Waals surface area (Å²) in [6.45, 7) is 0.693. The van der Waals surface area contributed by atoms with Crippen molar-refractivity contribution in [3.63, 3.8) is 0 Å². The third-order valence-electron chi connectivity index (χ3n) is 3.67. The molecule has 132 valence electrons. The van der Waals surface area contributed by atoms with E-state index in [-0.39, 0.29) is 6.54 Å². The predicted molar refractivity (Wildman–Crippen MR) is 89.7 cm³/mol. The van der Waals surface area contributed by atoms with E-state index in [2.05, 4.69) is 27.5 Å². The molecule has 0 saturated heterocycles. The zero-order chi connectivity index (χ0) is 16.9. The topological polar surface area (TPSA) is 54.2 Å². The van der Waals surface area contributed by atoms with Gasteiger partial charge in [-0.2, -0.15) is 8.78 Å². The smallest absolute Gasteiger partial charge is 0.319 e. The zero-order valence-electron chi connectivity index (χ0n) is 14.2. The summed E-state index contributed by atoms with van der Waals surface area (Å²) in [5.41, 5.74) is 0. The van der Waals surface area contributed by atoms with Crippen LogP contribution in [0, 0.1) is 0 Å². The van der Waals surface area contributed by atoms with Crippen molar-refractivity contribution in [1.29, 1.82) is 0 Å². The number of nitrogens with one attached hydrogen (secondary N) is 2. The second-order valence-electron chi connectivity index (χ2n) is 5.50. The summed E-state index contributed by atoms with van der Waals surface area (Å²) in [6.07, 6.45) is 11.4. The molecule has 1 rings (SSSR count). The summed E-state index contributed by atoms with van der Waals surface area (Å²) < 4.78 is 26.3. The molecular weight excluding hydrogens is 300 g/mol. The maximum absolute atomic E-state index is 12.7. The first-order chi connectivity index (χ1) is 11.2. The quantitative estimate of drug-likeness (QED) is 0.370. The molecule has 5 nitrogen and oxygen atoms in total. The van der Waals surface area contributed by atoms with Gasteiger partial charge in [0.05, 0.1) is 6.54 Å². The Labute approximate surface area is 137 Å². The Bertz CT molecular complexity index is 445. The number of alkyl halides is 2. The van der Waals surface area contributed by atoms with Gasteiger partial charge in [-0.15, -0.1) is 0 Å².